The molecule has 124 valence electrons. The third-order valence-electron chi connectivity index (χ3n) is 3.96. The molecule has 0 aromatic heterocycles. The predicted octanol–water partition coefficient (Wildman–Crippen LogP) is 2.57. The second kappa shape index (κ2) is 10.6. The van der Waals surface area contributed by atoms with Gasteiger partial charge in [0.05, 0.1) is 0 Å². The molecule has 3 heteroatoms. The topological polar surface area (TPSA) is 3.24 Å². The van der Waals surface area contributed by atoms with Gasteiger partial charge in [-0.05, 0) is 30.2 Å². The van der Waals surface area contributed by atoms with Gasteiger partial charge in [-0.25, -0.2) is 0 Å². The standard InChI is InChI=1S/C22H22N.BrH.Mg/c1-18(2)20-11-9-10-19(16-20)17-23(21-12-5-3-6-13-21)22-14-7-4-8-15-22;;/h3-15,18H,17H2,1-2H3;1H;/q-1;;+2/p-1. The number of nitrogens with zero attached hydrogens (tertiary/aromatic N) is 1. The first-order valence-corrected chi connectivity index (χ1v) is 8.13. The smallest absolute Gasteiger partial charge is 1.00 e. The van der Waals surface area contributed by atoms with Crippen molar-refractivity contribution in [2.45, 2.75) is 26.3 Å². The summed E-state index contributed by atoms with van der Waals surface area (Å²) < 4.78 is 0. The van der Waals surface area contributed by atoms with Gasteiger partial charge in [0.2, 0.25) is 0 Å². The van der Waals surface area contributed by atoms with Crippen molar-refractivity contribution in [3.63, 3.8) is 0 Å². The maximum absolute atomic E-state index is 3.57. The zero-order valence-corrected chi connectivity index (χ0v) is 17.8. The number of hydrogen-bond donors (Lipinski definition) is 0. The van der Waals surface area contributed by atoms with E-state index in [1.54, 1.807) is 0 Å². The Hall–Kier alpha value is -1.29. The number of anilines is 2. The van der Waals surface area contributed by atoms with Crippen LogP contribution in [0.3, 0.4) is 0 Å². The molecule has 0 radical (unpaired) electrons. The first-order chi connectivity index (χ1) is 11.2. The van der Waals surface area contributed by atoms with Crippen LogP contribution in [0.25, 0.3) is 0 Å². The van der Waals surface area contributed by atoms with Crippen LogP contribution in [-0.4, -0.2) is 23.1 Å². The Bertz CT molecular complexity index is 705. The van der Waals surface area contributed by atoms with Crippen molar-refractivity contribution < 1.29 is 17.0 Å². The summed E-state index contributed by atoms with van der Waals surface area (Å²) in [6.45, 7) is 5.23. The fourth-order valence-electron chi connectivity index (χ4n) is 2.68. The summed E-state index contributed by atoms with van der Waals surface area (Å²) in [7, 11) is 0. The maximum Gasteiger partial charge on any atom is 2.00 e. The Morgan fingerprint density at radius 1 is 0.760 bits per heavy atom. The molecule has 0 aliphatic heterocycles. The molecule has 0 bridgehead atoms. The van der Waals surface area contributed by atoms with Gasteiger partial charge in [-0.3, -0.25) is 0 Å². The molecule has 0 atom stereocenters. The maximum atomic E-state index is 3.57. The Morgan fingerprint density at radius 2 is 1.28 bits per heavy atom. The molecule has 0 spiro atoms. The summed E-state index contributed by atoms with van der Waals surface area (Å²) in [5, 5.41) is 0. The molecule has 3 aromatic carbocycles. The van der Waals surface area contributed by atoms with Crippen LogP contribution in [-0.2, 0) is 6.54 Å². The number of rotatable bonds is 5. The Morgan fingerprint density at radius 3 is 1.76 bits per heavy atom. The van der Waals surface area contributed by atoms with E-state index in [9.17, 15) is 0 Å². The van der Waals surface area contributed by atoms with Crippen molar-refractivity contribution in [3.05, 3.63) is 96.1 Å². The molecule has 25 heavy (non-hydrogen) atoms. The van der Waals surface area contributed by atoms with E-state index in [2.05, 4.69) is 104 Å². The number of halogens is 1. The van der Waals surface area contributed by atoms with E-state index in [0.717, 1.165) is 6.54 Å². The molecule has 0 fully saturated rings. The average molecular weight is 405 g/mol. The van der Waals surface area contributed by atoms with Gasteiger partial charge in [-0.2, -0.15) is 29.8 Å². The van der Waals surface area contributed by atoms with Crippen LogP contribution in [0.2, 0.25) is 0 Å². The summed E-state index contributed by atoms with van der Waals surface area (Å²) in [6, 6.07) is 31.1. The van der Waals surface area contributed by atoms with E-state index < -0.39 is 0 Å². The molecule has 0 unspecified atom stereocenters. The van der Waals surface area contributed by atoms with E-state index in [4.69, 9.17) is 0 Å². The average Bonchev–Trinajstić information content (AvgIpc) is 2.61. The molecule has 0 aliphatic rings. The van der Waals surface area contributed by atoms with Crippen molar-refractivity contribution in [2.75, 3.05) is 4.90 Å². The van der Waals surface area contributed by atoms with E-state index >= 15 is 0 Å². The third kappa shape index (κ3) is 5.88. The normalized spacial score (nSPS) is 9.88. The van der Waals surface area contributed by atoms with Crippen LogP contribution in [0.5, 0.6) is 0 Å². The first kappa shape index (κ1) is 21.7. The molecule has 0 N–H and O–H groups in total. The van der Waals surface area contributed by atoms with E-state index in [1.165, 1.54) is 22.5 Å². The van der Waals surface area contributed by atoms with Gasteiger partial charge in [-0.15, -0.1) is 5.56 Å². The number of benzene rings is 3. The molecule has 3 rings (SSSR count). The second-order valence-corrected chi connectivity index (χ2v) is 6.04. The summed E-state index contributed by atoms with van der Waals surface area (Å²) in [5.41, 5.74) is 4.87. The van der Waals surface area contributed by atoms with Crippen molar-refractivity contribution in [3.8, 4) is 0 Å². The Labute approximate surface area is 178 Å². The van der Waals surface area contributed by atoms with E-state index in [1.807, 2.05) is 0 Å². The van der Waals surface area contributed by atoms with Crippen LogP contribution >= 0.6 is 0 Å². The van der Waals surface area contributed by atoms with Gasteiger partial charge in [0.15, 0.2) is 0 Å². The van der Waals surface area contributed by atoms with Crippen LogP contribution in [0, 0.1) is 6.07 Å². The minimum absolute atomic E-state index is 0. The van der Waals surface area contributed by atoms with Crippen LogP contribution in [0.15, 0.2) is 78.9 Å². The van der Waals surface area contributed by atoms with Gasteiger partial charge < -0.3 is 21.9 Å². The van der Waals surface area contributed by atoms with Gasteiger partial charge >= 0.3 is 23.1 Å². The SMILES string of the molecule is CC(C)c1[c-]c(CN(c2ccccc2)c2ccccc2)ccc1.[Br-].[Mg+2]. The largest absolute Gasteiger partial charge is 2.00 e. The number of para-hydroxylation sites is 2. The second-order valence-electron chi connectivity index (χ2n) is 6.04. The van der Waals surface area contributed by atoms with Gasteiger partial charge in [-0.1, -0.05) is 50.2 Å². The summed E-state index contributed by atoms with van der Waals surface area (Å²) >= 11 is 0. The molecule has 3 aromatic rings. The monoisotopic (exact) mass is 403 g/mol. The van der Waals surface area contributed by atoms with E-state index in [-0.39, 0.29) is 40.0 Å². The molecule has 0 saturated carbocycles. The van der Waals surface area contributed by atoms with Crippen LogP contribution < -0.4 is 21.9 Å². The minimum Gasteiger partial charge on any atom is -1.00 e. The van der Waals surface area contributed by atoms with Crippen molar-refractivity contribution >= 4 is 34.4 Å². The van der Waals surface area contributed by atoms with Crippen molar-refractivity contribution in [1.82, 2.24) is 0 Å². The summed E-state index contributed by atoms with van der Waals surface area (Å²) in [5.74, 6) is 0.497. The molecule has 1 nitrogen and oxygen atoms in total. The molecule has 0 aliphatic carbocycles. The quantitative estimate of drug-likeness (QED) is 0.467. The number of hydrogen-bond acceptors (Lipinski definition) is 1. The van der Waals surface area contributed by atoms with Gasteiger partial charge in [0, 0.05) is 17.9 Å². The molecule has 0 heterocycles. The predicted molar refractivity (Wildman–Crippen MR) is 104 cm³/mol. The van der Waals surface area contributed by atoms with Crippen LogP contribution in [0.4, 0.5) is 11.4 Å². The van der Waals surface area contributed by atoms with Gasteiger partial charge in [0.25, 0.3) is 0 Å². The molecule has 0 saturated heterocycles. The first-order valence-electron chi connectivity index (χ1n) is 8.13. The van der Waals surface area contributed by atoms with Gasteiger partial charge in [0.1, 0.15) is 0 Å². The molecular weight excluding hydrogens is 382 g/mol. The minimum atomic E-state index is 0. The Balaban J connectivity index is 0.00000156. The Kier molecular flexibility index (Phi) is 9.26. The fraction of sp³-hybridized carbons (Fsp3) is 0.182. The summed E-state index contributed by atoms with van der Waals surface area (Å²) in [4.78, 5) is 2.33. The van der Waals surface area contributed by atoms with E-state index in [0.29, 0.717) is 5.92 Å². The van der Waals surface area contributed by atoms with Crippen LogP contribution in [0.1, 0.15) is 30.9 Å². The zero-order chi connectivity index (χ0) is 16.1. The summed E-state index contributed by atoms with van der Waals surface area (Å²) in [6.07, 6.45) is 0. The van der Waals surface area contributed by atoms with Crippen molar-refractivity contribution in [2.24, 2.45) is 0 Å². The fourth-order valence-corrected chi connectivity index (χ4v) is 2.68. The third-order valence-corrected chi connectivity index (χ3v) is 3.96. The molecule has 0 amide bonds. The molecular formula is C22H22BrMgN. The zero-order valence-electron chi connectivity index (χ0n) is 14.8. The van der Waals surface area contributed by atoms with Crippen molar-refractivity contribution in [1.29, 1.82) is 0 Å².